The van der Waals surface area contributed by atoms with E-state index in [1.165, 1.54) is 121 Å². The number of hydrogen-bond acceptors (Lipinski definition) is 3. The highest BCUT2D eigenvalue weighted by molar-refractivity contribution is 6.59. The lowest BCUT2D eigenvalue weighted by atomic mass is 9.74. The van der Waals surface area contributed by atoms with Crippen molar-refractivity contribution in [1.29, 1.82) is 0 Å². The molecule has 130 heavy (non-hydrogen) atoms. The summed E-state index contributed by atoms with van der Waals surface area (Å²) >= 11 is 0. The zero-order valence-electron chi connectivity index (χ0n) is 71.1. The summed E-state index contributed by atoms with van der Waals surface area (Å²) in [4.78, 5) is 24.7. The van der Waals surface area contributed by atoms with Crippen molar-refractivity contribution in [3.05, 3.63) is 531 Å². The first-order valence-electron chi connectivity index (χ1n) is 44.3. The molecule has 0 aliphatic heterocycles. The molecule has 1 aliphatic rings. The molecule has 606 valence electrons. The van der Waals surface area contributed by atoms with Crippen molar-refractivity contribution in [1.82, 2.24) is 9.97 Å². The van der Waals surface area contributed by atoms with Gasteiger partial charge in [-0.3, -0.25) is 4.79 Å². The van der Waals surface area contributed by atoms with Gasteiger partial charge in [0.05, 0.1) is 22.1 Å². The van der Waals surface area contributed by atoms with E-state index in [0.717, 1.165) is 110 Å². The fourth-order valence-corrected chi connectivity index (χ4v) is 19.3. The number of Topliss-reactive ketones (excluding diaryl/α,β-unsaturated/α-hetero) is 1. The van der Waals surface area contributed by atoms with Gasteiger partial charge < -0.3 is 0 Å². The van der Waals surface area contributed by atoms with Gasteiger partial charge in [-0.25, -0.2) is 9.97 Å². The van der Waals surface area contributed by atoms with Gasteiger partial charge in [0.15, 0.2) is 5.78 Å². The zero-order valence-corrected chi connectivity index (χ0v) is 71.1. The second-order valence-corrected chi connectivity index (χ2v) is 32.8. The highest BCUT2D eigenvalue weighted by Gasteiger charge is 2.36. The molecule has 0 spiro atoms. The molecule has 1 aliphatic carbocycles. The minimum Gasteiger partial charge on any atom is -0.289 e. The number of nitrogens with zero attached hydrogens (tertiary/aromatic N) is 2. The monoisotopic (exact) mass is 1650 g/mol. The number of carbonyl (C=O) groups excluding carboxylic acids is 1. The first-order chi connectivity index (χ1) is 64.5. The van der Waals surface area contributed by atoms with Crippen LogP contribution in [-0.2, 0) is 4.79 Å². The van der Waals surface area contributed by atoms with Crippen LogP contribution in [0.4, 0.5) is 0 Å². The molecule has 0 unspecified atom stereocenters. The summed E-state index contributed by atoms with van der Waals surface area (Å²) in [5, 5.41) is 14.1. The maximum Gasteiger partial charge on any atom is 0.195 e. The fourth-order valence-electron chi connectivity index (χ4n) is 19.3. The first kappa shape index (κ1) is 78.7. The summed E-state index contributed by atoms with van der Waals surface area (Å²) in [7, 11) is 0. The van der Waals surface area contributed by atoms with Crippen LogP contribution in [0.15, 0.2) is 497 Å². The Morgan fingerprint density at radius 1 is 0.138 bits per heavy atom. The van der Waals surface area contributed by atoms with E-state index in [1.54, 1.807) is 0 Å². The van der Waals surface area contributed by atoms with Crippen molar-refractivity contribution in [2.24, 2.45) is 0 Å². The van der Waals surface area contributed by atoms with Crippen molar-refractivity contribution < 1.29 is 4.79 Å². The molecule has 2 aromatic heterocycles. The molecule has 0 radical (unpaired) electrons. The molecule has 23 aromatic rings. The van der Waals surface area contributed by atoms with E-state index >= 15 is 0 Å². The Balaban J connectivity index is 0.000000126. The van der Waals surface area contributed by atoms with E-state index in [9.17, 15) is 4.79 Å². The van der Waals surface area contributed by atoms with Crippen molar-refractivity contribution in [2.45, 2.75) is 0 Å². The SMILES string of the molecule is C(#Cc1ccc(-c2c3ccc4ccccc4c3nc3c2ccc2ccccc23)cc1)c1ccccc1.O=C1C(c2ccccc2)=C(c2ccccc2)C(c2ccccc2)=C1c1ccccc1.c1ccc(-c2c(-c3ccccc3)c(-c3ccccc3)c(-c3ccc(-c4c5ccc6ccccc6c5nc5c4ccc4ccccc45)cc3)c(-c3ccccc3)c2-c2ccccc2)cc1. The van der Waals surface area contributed by atoms with E-state index < -0.39 is 0 Å². The largest absolute Gasteiger partial charge is 0.289 e. The first-order valence-corrected chi connectivity index (χ1v) is 44.3. The third-order valence-electron chi connectivity index (χ3n) is 25.2. The van der Waals surface area contributed by atoms with E-state index in [2.05, 4.69) is 382 Å². The Kier molecular flexibility index (Phi) is 21.2. The van der Waals surface area contributed by atoms with E-state index in [0.29, 0.717) is 0 Å². The van der Waals surface area contributed by atoms with Gasteiger partial charge in [0, 0.05) is 87.6 Å². The van der Waals surface area contributed by atoms with Crippen molar-refractivity contribution in [3.63, 3.8) is 0 Å². The number of aromatic nitrogens is 2. The molecule has 0 N–H and O–H groups in total. The molecule has 0 bridgehead atoms. The highest BCUT2D eigenvalue weighted by atomic mass is 16.1. The standard InChI is InChI=1S/C63H41N.C35H21N.C29H20O/c1-6-22-44(23-7-1)56-57(45-24-8-2-9-25-45)59(47-28-12-4-13-29-47)61(60(48-30-14-5-15-31-48)58(56)46-26-10-3-11-27-46)50-36-34-49(35-37-50)55-53-40-38-42-20-16-18-32-51(42)62(53)64-63-52-33-19-17-21-43(52)39-41-54(55)63;1-2-8-24(9-3-1)14-15-25-16-18-28(19-17-25)33-31-22-20-26-10-4-6-12-29(26)34(31)36-35-30-13-7-5-11-27(30)21-23-32(33)35;30-29-27(23-17-9-3-10-18-23)25(21-13-5-1-6-14-21)26(22-15-7-2-8-16-22)28(29)24-19-11-4-12-20-24/h1-41H;1-13,16-23H;1-20H. The number of rotatable bonds is 12. The van der Waals surface area contributed by atoms with E-state index in [1.807, 2.05) is 127 Å². The summed E-state index contributed by atoms with van der Waals surface area (Å²) in [6.45, 7) is 0. The Labute approximate surface area is 755 Å². The number of hydrogen-bond donors (Lipinski definition) is 0. The molecular formula is C127H82N2O. The maximum atomic E-state index is 14.0. The molecule has 3 nitrogen and oxygen atoms in total. The number of carbonyl (C=O) groups is 1. The van der Waals surface area contributed by atoms with Gasteiger partial charge in [-0.15, -0.1) is 0 Å². The smallest absolute Gasteiger partial charge is 0.195 e. The van der Waals surface area contributed by atoms with Crippen molar-refractivity contribution in [2.75, 3.05) is 0 Å². The van der Waals surface area contributed by atoms with Crippen LogP contribution in [0.5, 0.6) is 0 Å². The quantitative estimate of drug-likeness (QED) is 0.0695. The van der Waals surface area contributed by atoms with Gasteiger partial charge in [-0.1, -0.05) is 485 Å². The Bertz CT molecular complexity index is 7970. The van der Waals surface area contributed by atoms with Gasteiger partial charge in [0.25, 0.3) is 0 Å². The summed E-state index contributed by atoms with van der Waals surface area (Å²) in [6.07, 6.45) is 0. The van der Waals surface area contributed by atoms with Crippen molar-refractivity contribution in [3.8, 4) is 101 Å². The van der Waals surface area contributed by atoms with Gasteiger partial charge in [0.1, 0.15) is 0 Å². The molecule has 21 aromatic carbocycles. The fraction of sp³-hybridized carbons (Fsp3) is 0. The van der Waals surface area contributed by atoms with Crippen LogP contribution >= 0.6 is 0 Å². The average molecular weight is 1650 g/mol. The highest BCUT2D eigenvalue weighted by Crippen LogP contribution is 2.57. The van der Waals surface area contributed by atoms with Crippen LogP contribution in [0.2, 0.25) is 0 Å². The lowest BCUT2D eigenvalue weighted by Gasteiger charge is -2.29. The molecule has 0 fully saturated rings. The van der Waals surface area contributed by atoms with Crippen LogP contribution in [0, 0.1) is 11.8 Å². The number of pyridine rings is 2. The molecule has 3 heteroatoms. The number of fused-ring (bicyclic) bond motifs is 12. The normalized spacial score (nSPS) is 11.9. The van der Waals surface area contributed by atoms with Crippen LogP contribution in [-0.4, -0.2) is 15.8 Å². The second kappa shape index (κ2) is 35.0. The van der Waals surface area contributed by atoms with Crippen LogP contribution < -0.4 is 0 Å². The topological polar surface area (TPSA) is 42.9 Å². The summed E-state index contributed by atoms with van der Waals surface area (Å²) < 4.78 is 0. The summed E-state index contributed by atoms with van der Waals surface area (Å²) in [6, 6.07) is 176. The number of benzene rings is 21. The molecule has 0 atom stereocenters. The predicted molar refractivity (Wildman–Crippen MR) is 549 cm³/mol. The molecule has 0 saturated carbocycles. The van der Waals surface area contributed by atoms with Gasteiger partial charge >= 0.3 is 0 Å². The summed E-state index contributed by atoms with van der Waals surface area (Å²) in [5.41, 5.74) is 32.6. The minimum atomic E-state index is 0.0742. The molecule has 24 rings (SSSR count). The Morgan fingerprint density at radius 3 is 0.577 bits per heavy atom. The number of allylic oxidation sites excluding steroid dienone is 4. The zero-order chi connectivity index (χ0) is 86.6. The molecule has 0 saturated heterocycles. The summed E-state index contributed by atoms with van der Waals surface area (Å²) in [5.74, 6) is 6.63. The lowest BCUT2D eigenvalue weighted by molar-refractivity contribution is -0.108. The molecule has 0 amide bonds. The van der Waals surface area contributed by atoms with Crippen LogP contribution in [0.1, 0.15) is 33.4 Å². The second-order valence-electron chi connectivity index (χ2n) is 32.8. The molecular weight excluding hydrogens is 1570 g/mol. The van der Waals surface area contributed by atoms with E-state index in [4.69, 9.17) is 9.97 Å². The van der Waals surface area contributed by atoms with Gasteiger partial charge in [-0.05, 0) is 146 Å². The van der Waals surface area contributed by atoms with Crippen LogP contribution in [0.3, 0.4) is 0 Å². The minimum absolute atomic E-state index is 0.0742. The van der Waals surface area contributed by atoms with E-state index in [-0.39, 0.29) is 5.78 Å². The lowest BCUT2D eigenvalue weighted by Crippen LogP contribution is -2.02. The van der Waals surface area contributed by atoms with Gasteiger partial charge in [-0.2, -0.15) is 0 Å². The number of ketones is 1. The Morgan fingerprint density at radius 2 is 0.323 bits per heavy atom. The third kappa shape index (κ3) is 14.8. The molecule has 2 heterocycles. The Hall–Kier alpha value is -17.3. The van der Waals surface area contributed by atoms with Crippen LogP contribution in [0.25, 0.3) is 198 Å². The maximum absolute atomic E-state index is 14.0. The third-order valence-corrected chi connectivity index (χ3v) is 25.2. The predicted octanol–water partition coefficient (Wildman–Crippen LogP) is 32.9. The average Bonchev–Trinajstić information content (AvgIpc) is 1.28. The van der Waals surface area contributed by atoms with Gasteiger partial charge in [0.2, 0.25) is 0 Å². The van der Waals surface area contributed by atoms with Crippen molar-refractivity contribution >= 4 is 115 Å².